The molecule has 94 valence electrons. The van der Waals surface area contributed by atoms with Gasteiger partial charge in [0.15, 0.2) is 0 Å². The maximum atomic E-state index is 5.79. The van der Waals surface area contributed by atoms with E-state index in [9.17, 15) is 0 Å². The van der Waals surface area contributed by atoms with Gasteiger partial charge >= 0.3 is 0 Å². The summed E-state index contributed by atoms with van der Waals surface area (Å²) < 4.78 is 10.9. The molecule has 1 aromatic heterocycles. The lowest BCUT2D eigenvalue weighted by atomic mass is 10.1. The molecule has 1 aromatic carbocycles. The highest BCUT2D eigenvalue weighted by molar-refractivity contribution is 5.38. The lowest BCUT2D eigenvalue weighted by Gasteiger charge is -2.10. The SMILES string of the molecule is COc1cccc(COc2cccc(C)c2C)n1. The van der Waals surface area contributed by atoms with Gasteiger partial charge in [-0.15, -0.1) is 0 Å². The Balaban J connectivity index is 2.09. The van der Waals surface area contributed by atoms with Crippen LogP contribution in [0.25, 0.3) is 0 Å². The minimum atomic E-state index is 0.446. The normalized spacial score (nSPS) is 10.2. The third-order valence-corrected chi connectivity index (χ3v) is 2.92. The van der Waals surface area contributed by atoms with Crippen molar-refractivity contribution in [2.24, 2.45) is 0 Å². The predicted octanol–water partition coefficient (Wildman–Crippen LogP) is 3.29. The van der Waals surface area contributed by atoms with Crippen LogP contribution in [-0.2, 0) is 6.61 Å². The molecule has 0 fully saturated rings. The van der Waals surface area contributed by atoms with Crippen LogP contribution in [-0.4, -0.2) is 12.1 Å². The third-order valence-electron chi connectivity index (χ3n) is 2.92. The van der Waals surface area contributed by atoms with Crippen molar-refractivity contribution >= 4 is 0 Å². The Morgan fingerprint density at radius 1 is 1.06 bits per heavy atom. The summed E-state index contributed by atoms with van der Waals surface area (Å²) in [7, 11) is 1.61. The topological polar surface area (TPSA) is 31.4 Å². The molecule has 0 amide bonds. The van der Waals surface area contributed by atoms with Gasteiger partial charge in [-0.05, 0) is 37.1 Å². The van der Waals surface area contributed by atoms with Crippen molar-refractivity contribution in [3.05, 3.63) is 53.2 Å². The smallest absolute Gasteiger partial charge is 0.213 e. The Labute approximate surface area is 107 Å². The average molecular weight is 243 g/mol. The summed E-state index contributed by atoms with van der Waals surface area (Å²) in [5.74, 6) is 1.51. The molecule has 2 rings (SSSR count). The monoisotopic (exact) mass is 243 g/mol. The second-order valence-corrected chi connectivity index (χ2v) is 4.16. The zero-order valence-corrected chi connectivity index (χ0v) is 10.9. The quantitative estimate of drug-likeness (QED) is 0.825. The maximum Gasteiger partial charge on any atom is 0.213 e. The standard InChI is InChI=1S/C15H17NO2/c1-11-6-4-8-14(12(11)2)18-10-13-7-5-9-15(16-13)17-3/h4-9H,10H2,1-3H3. The Morgan fingerprint density at radius 3 is 2.61 bits per heavy atom. The third kappa shape index (κ3) is 2.80. The molecule has 0 bridgehead atoms. The molecular formula is C15H17NO2. The molecule has 0 aliphatic heterocycles. The molecule has 0 atom stereocenters. The van der Waals surface area contributed by atoms with Gasteiger partial charge in [0.2, 0.25) is 5.88 Å². The molecular weight excluding hydrogens is 226 g/mol. The van der Waals surface area contributed by atoms with Crippen molar-refractivity contribution in [2.75, 3.05) is 7.11 Å². The lowest BCUT2D eigenvalue weighted by Crippen LogP contribution is -2.01. The summed E-state index contributed by atoms with van der Waals surface area (Å²) in [6, 6.07) is 11.7. The van der Waals surface area contributed by atoms with Gasteiger partial charge in [-0.1, -0.05) is 18.2 Å². The van der Waals surface area contributed by atoms with Gasteiger partial charge in [0, 0.05) is 6.07 Å². The van der Waals surface area contributed by atoms with Gasteiger partial charge < -0.3 is 9.47 Å². The molecule has 0 saturated heterocycles. The van der Waals surface area contributed by atoms with E-state index >= 15 is 0 Å². The largest absolute Gasteiger partial charge is 0.487 e. The van der Waals surface area contributed by atoms with E-state index in [0.717, 1.165) is 11.4 Å². The molecule has 3 nitrogen and oxygen atoms in total. The first-order valence-corrected chi connectivity index (χ1v) is 5.89. The molecule has 0 unspecified atom stereocenters. The number of rotatable bonds is 4. The molecule has 0 radical (unpaired) electrons. The number of nitrogens with zero attached hydrogens (tertiary/aromatic N) is 1. The van der Waals surface area contributed by atoms with E-state index in [1.54, 1.807) is 7.11 Å². The number of methoxy groups -OCH3 is 1. The number of hydrogen-bond acceptors (Lipinski definition) is 3. The molecule has 0 N–H and O–H groups in total. The molecule has 0 aliphatic rings. The van der Waals surface area contributed by atoms with Crippen LogP contribution in [0, 0.1) is 13.8 Å². The van der Waals surface area contributed by atoms with Crippen LogP contribution in [0.2, 0.25) is 0 Å². The van der Waals surface area contributed by atoms with Gasteiger partial charge in [0.1, 0.15) is 12.4 Å². The van der Waals surface area contributed by atoms with Crippen LogP contribution >= 0.6 is 0 Å². The summed E-state index contributed by atoms with van der Waals surface area (Å²) in [5.41, 5.74) is 3.25. The first-order chi connectivity index (χ1) is 8.70. The minimum absolute atomic E-state index is 0.446. The van der Waals surface area contributed by atoms with Gasteiger partial charge in [-0.2, -0.15) is 0 Å². The van der Waals surface area contributed by atoms with E-state index in [1.807, 2.05) is 30.3 Å². The Kier molecular flexibility index (Phi) is 3.82. The Morgan fingerprint density at radius 2 is 1.83 bits per heavy atom. The highest BCUT2D eigenvalue weighted by atomic mass is 16.5. The molecule has 0 spiro atoms. The molecule has 0 saturated carbocycles. The van der Waals surface area contributed by atoms with Gasteiger partial charge in [-0.25, -0.2) is 4.98 Å². The summed E-state index contributed by atoms with van der Waals surface area (Å²) in [6.45, 7) is 4.58. The van der Waals surface area contributed by atoms with E-state index in [-0.39, 0.29) is 0 Å². The fraction of sp³-hybridized carbons (Fsp3) is 0.267. The Hall–Kier alpha value is -2.03. The van der Waals surface area contributed by atoms with E-state index in [0.29, 0.717) is 12.5 Å². The van der Waals surface area contributed by atoms with Crippen molar-refractivity contribution in [1.29, 1.82) is 0 Å². The van der Waals surface area contributed by atoms with Crippen LogP contribution in [0.1, 0.15) is 16.8 Å². The molecule has 0 aliphatic carbocycles. The van der Waals surface area contributed by atoms with Crippen molar-refractivity contribution in [2.45, 2.75) is 20.5 Å². The molecule has 1 heterocycles. The van der Waals surface area contributed by atoms with Crippen molar-refractivity contribution in [3.8, 4) is 11.6 Å². The Bertz CT molecular complexity index is 538. The summed E-state index contributed by atoms with van der Waals surface area (Å²) in [4.78, 5) is 4.31. The van der Waals surface area contributed by atoms with Crippen LogP contribution in [0.4, 0.5) is 0 Å². The minimum Gasteiger partial charge on any atom is -0.487 e. The highest BCUT2D eigenvalue weighted by Gasteiger charge is 2.03. The number of hydrogen-bond donors (Lipinski definition) is 0. The summed E-state index contributed by atoms with van der Waals surface area (Å²) >= 11 is 0. The number of pyridine rings is 1. The lowest BCUT2D eigenvalue weighted by molar-refractivity contribution is 0.296. The average Bonchev–Trinajstić information content (AvgIpc) is 2.41. The predicted molar refractivity (Wildman–Crippen MR) is 71.0 cm³/mol. The fourth-order valence-corrected chi connectivity index (χ4v) is 1.68. The molecule has 18 heavy (non-hydrogen) atoms. The van der Waals surface area contributed by atoms with Gasteiger partial charge in [0.25, 0.3) is 0 Å². The van der Waals surface area contributed by atoms with Crippen LogP contribution in [0.15, 0.2) is 36.4 Å². The first kappa shape index (κ1) is 12.4. The zero-order valence-electron chi connectivity index (χ0n) is 10.9. The number of benzene rings is 1. The highest BCUT2D eigenvalue weighted by Crippen LogP contribution is 2.21. The zero-order chi connectivity index (χ0) is 13.0. The second-order valence-electron chi connectivity index (χ2n) is 4.16. The molecule has 3 heteroatoms. The van der Waals surface area contributed by atoms with E-state index < -0.39 is 0 Å². The van der Waals surface area contributed by atoms with E-state index in [4.69, 9.17) is 9.47 Å². The number of aryl methyl sites for hydroxylation is 1. The fourth-order valence-electron chi connectivity index (χ4n) is 1.68. The second kappa shape index (κ2) is 5.54. The van der Waals surface area contributed by atoms with Gasteiger partial charge in [-0.3, -0.25) is 0 Å². The van der Waals surface area contributed by atoms with Crippen molar-refractivity contribution < 1.29 is 9.47 Å². The van der Waals surface area contributed by atoms with E-state index in [1.165, 1.54) is 11.1 Å². The molecule has 2 aromatic rings. The van der Waals surface area contributed by atoms with Crippen LogP contribution in [0.5, 0.6) is 11.6 Å². The summed E-state index contributed by atoms with van der Waals surface area (Å²) in [5, 5.41) is 0. The van der Waals surface area contributed by atoms with E-state index in [2.05, 4.69) is 24.9 Å². The van der Waals surface area contributed by atoms with Crippen molar-refractivity contribution in [1.82, 2.24) is 4.98 Å². The van der Waals surface area contributed by atoms with Crippen LogP contribution < -0.4 is 9.47 Å². The maximum absolute atomic E-state index is 5.79. The summed E-state index contributed by atoms with van der Waals surface area (Å²) in [6.07, 6.45) is 0. The van der Waals surface area contributed by atoms with Crippen LogP contribution in [0.3, 0.4) is 0 Å². The number of aromatic nitrogens is 1. The first-order valence-electron chi connectivity index (χ1n) is 5.89. The number of ether oxygens (including phenoxy) is 2. The van der Waals surface area contributed by atoms with Crippen molar-refractivity contribution in [3.63, 3.8) is 0 Å². The van der Waals surface area contributed by atoms with Gasteiger partial charge in [0.05, 0.1) is 12.8 Å².